The molecule has 1 unspecified atom stereocenters. The van der Waals surface area contributed by atoms with E-state index in [0.29, 0.717) is 17.6 Å². The van der Waals surface area contributed by atoms with Crippen LogP contribution in [0, 0.1) is 6.92 Å². The fraction of sp³-hybridized carbons (Fsp3) is 0.286. The molecule has 6 nitrogen and oxygen atoms in total. The summed E-state index contributed by atoms with van der Waals surface area (Å²) < 4.78 is 13.0. The second-order valence-corrected chi connectivity index (χ2v) is 7.44. The summed E-state index contributed by atoms with van der Waals surface area (Å²) in [5.41, 5.74) is 1.97. The number of hydrogen-bond acceptors (Lipinski definition) is 6. The van der Waals surface area contributed by atoms with Crippen LogP contribution in [-0.4, -0.2) is 32.6 Å². The number of ether oxygens (including phenoxy) is 2. The molecule has 0 amide bonds. The highest BCUT2D eigenvalue weighted by Gasteiger charge is 2.22. The number of aryl methyl sites for hydroxylation is 1. The average molecular weight is 398 g/mol. The minimum absolute atomic E-state index is 0.265. The third kappa shape index (κ3) is 4.72. The summed E-state index contributed by atoms with van der Waals surface area (Å²) in [6.07, 6.45) is 0. The maximum Gasteiger partial charge on any atom is 0.319 e. The Labute approximate surface area is 168 Å². The van der Waals surface area contributed by atoms with Crippen molar-refractivity contribution in [2.24, 2.45) is 0 Å². The van der Waals surface area contributed by atoms with Crippen LogP contribution in [-0.2, 0) is 16.1 Å². The van der Waals surface area contributed by atoms with Crippen LogP contribution in [0.25, 0.3) is 5.69 Å². The highest BCUT2D eigenvalue weighted by molar-refractivity contribution is 8.00. The van der Waals surface area contributed by atoms with Crippen molar-refractivity contribution in [3.05, 3.63) is 66.0 Å². The molecule has 3 rings (SSSR count). The predicted molar refractivity (Wildman–Crippen MR) is 109 cm³/mol. The normalized spacial score (nSPS) is 11.8. The van der Waals surface area contributed by atoms with Crippen molar-refractivity contribution >= 4 is 17.7 Å². The monoisotopic (exact) mass is 397 g/mol. The number of para-hydroxylation sites is 2. The maximum absolute atomic E-state index is 12.0. The third-order valence-corrected chi connectivity index (χ3v) is 5.09. The summed E-state index contributed by atoms with van der Waals surface area (Å²) in [4.78, 5) is 12.0. The Balaban J connectivity index is 1.87. The van der Waals surface area contributed by atoms with Crippen molar-refractivity contribution in [2.75, 3.05) is 6.61 Å². The van der Waals surface area contributed by atoms with E-state index in [9.17, 15) is 4.79 Å². The van der Waals surface area contributed by atoms with Gasteiger partial charge in [-0.15, -0.1) is 10.2 Å². The fourth-order valence-corrected chi connectivity index (χ4v) is 3.52. The van der Waals surface area contributed by atoms with Crippen LogP contribution in [0.2, 0.25) is 0 Å². The quantitative estimate of drug-likeness (QED) is 0.419. The van der Waals surface area contributed by atoms with Gasteiger partial charge in [0.25, 0.3) is 0 Å². The van der Waals surface area contributed by atoms with E-state index in [1.54, 1.807) is 13.8 Å². The van der Waals surface area contributed by atoms with E-state index in [0.717, 1.165) is 17.0 Å². The van der Waals surface area contributed by atoms with Gasteiger partial charge < -0.3 is 9.47 Å². The first-order chi connectivity index (χ1) is 13.6. The van der Waals surface area contributed by atoms with E-state index in [-0.39, 0.29) is 12.6 Å². The Kier molecular flexibility index (Phi) is 6.71. The Morgan fingerprint density at radius 3 is 2.54 bits per heavy atom. The first kappa shape index (κ1) is 19.9. The van der Waals surface area contributed by atoms with Gasteiger partial charge in [0.15, 0.2) is 11.0 Å². The number of rotatable bonds is 8. The van der Waals surface area contributed by atoms with E-state index in [1.807, 2.05) is 66.1 Å². The Morgan fingerprint density at radius 2 is 1.82 bits per heavy atom. The van der Waals surface area contributed by atoms with Gasteiger partial charge in [-0.05, 0) is 44.5 Å². The Bertz CT molecular complexity index is 928. The number of nitrogens with zero attached hydrogens (tertiary/aromatic N) is 3. The number of esters is 1. The molecule has 28 heavy (non-hydrogen) atoms. The zero-order chi connectivity index (χ0) is 19.9. The van der Waals surface area contributed by atoms with E-state index in [2.05, 4.69) is 10.2 Å². The van der Waals surface area contributed by atoms with E-state index >= 15 is 0 Å². The Morgan fingerprint density at radius 1 is 1.11 bits per heavy atom. The standard InChI is InChI=1S/C21H23N3O3S/c1-4-26-20(25)16(3)28-21-23-22-19(24(21)17-11-6-5-7-12-17)14-27-18-13-9-8-10-15(18)2/h5-13,16H,4,14H2,1-3H3. The van der Waals surface area contributed by atoms with Gasteiger partial charge in [0.1, 0.15) is 17.6 Å². The molecule has 0 bridgehead atoms. The van der Waals surface area contributed by atoms with Crippen LogP contribution >= 0.6 is 11.8 Å². The molecule has 3 aromatic rings. The van der Waals surface area contributed by atoms with Crippen molar-refractivity contribution in [1.82, 2.24) is 14.8 Å². The second kappa shape index (κ2) is 9.41. The van der Waals surface area contributed by atoms with Gasteiger partial charge in [-0.1, -0.05) is 48.2 Å². The summed E-state index contributed by atoms with van der Waals surface area (Å²) in [7, 11) is 0. The van der Waals surface area contributed by atoms with Gasteiger partial charge in [-0.2, -0.15) is 0 Å². The lowest BCUT2D eigenvalue weighted by atomic mass is 10.2. The smallest absolute Gasteiger partial charge is 0.319 e. The molecule has 146 valence electrons. The highest BCUT2D eigenvalue weighted by Crippen LogP contribution is 2.27. The van der Waals surface area contributed by atoms with E-state index < -0.39 is 5.25 Å². The van der Waals surface area contributed by atoms with E-state index in [4.69, 9.17) is 9.47 Å². The van der Waals surface area contributed by atoms with Crippen molar-refractivity contribution in [1.29, 1.82) is 0 Å². The number of benzene rings is 2. The van der Waals surface area contributed by atoms with Gasteiger partial charge in [0.2, 0.25) is 0 Å². The Hall–Kier alpha value is -2.80. The largest absolute Gasteiger partial charge is 0.485 e. The molecule has 0 saturated carbocycles. The number of carbonyl (C=O) groups excluding carboxylic acids is 1. The maximum atomic E-state index is 12.0. The molecule has 0 aliphatic rings. The van der Waals surface area contributed by atoms with Crippen molar-refractivity contribution < 1.29 is 14.3 Å². The topological polar surface area (TPSA) is 66.2 Å². The van der Waals surface area contributed by atoms with Crippen molar-refractivity contribution in [2.45, 2.75) is 37.8 Å². The average Bonchev–Trinajstić information content (AvgIpc) is 3.10. The van der Waals surface area contributed by atoms with Crippen molar-refractivity contribution in [3.63, 3.8) is 0 Å². The van der Waals surface area contributed by atoms with Crippen LogP contribution in [0.4, 0.5) is 0 Å². The third-order valence-electron chi connectivity index (χ3n) is 4.07. The van der Waals surface area contributed by atoms with Gasteiger partial charge in [-0.25, -0.2) is 0 Å². The molecule has 0 spiro atoms. The number of hydrogen-bond donors (Lipinski definition) is 0. The predicted octanol–water partition coefficient (Wildman–Crippen LogP) is 4.20. The summed E-state index contributed by atoms with van der Waals surface area (Å²) in [5.74, 6) is 1.19. The lowest BCUT2D eigenvalue weighted by Crippen LogP contribution is -2.17. The summed E-state index contributed by atoms with van der Waals surface area (Å²) in [5, 5.41) is 8.84. The van der Waals surface area contributed by atoms with Gasteiger partial charge >= 0.3 is 5.97 Å². The number of aromatic nitrogens is 3. The van der Waals surface area contributed by atoms with E-state index in [1.165, 1.54) is 11.8 Å². The van der Waals surface area contributed by atoms with Crippen LogP contribution in [0.3, 0.4) is 0 Å². The highest BCUT2D eigenvalue weighted by atomic mass is 32.2. The molecule has 0 radical (unpaired) electrons. The SMILES string of the molecule is CCOC(=O)C(C)Sc1nnc(COc2ccccc2C)n1-c1ccccc1. The lowest BCUT2D eigenvalue weighted by Gasteiger charge is -2.14. The van der Waals surface area contributed by atoms with Crippen LogP contribution < -0.4 is 4.74 Å². The lowest BCUT2D eigenvalue weighted by molar-refractivity contribution is -0.142. The fourth-order valence-electron chi connectivity index (χ4n) is 2.63. The summed E-state index contributed by atoms with van der Waals surface area (Å²) in [6.45, 7) is 6.21. The van der Waals surface area contributed by atoms with Crippen LogP contribution in [0.1, 0.15) is 25.2 Å². The molecule has 0 fully saturated rings. The molecule has 0 aliphatic carbocycles. The zero-order valence-corrected chi connectivity index (χ0v) is 17.0. The first-order valence-electron chi connectivity index (χ1n) is 9.11. The first-order valence-corrected chi connectivity index (χ1v) is 9.99. The molecule has 0 N–H and O–H groups in total. The zero-order valence-electron chi connectivity index (χ0n) is 16.2. The molecule has 0 aliphatic heterocycles. The number of carbonyl (C=O) groups is 1. The molecule has 1 aromatic heterocycles. The van der Waals surface area contributed by atoms with Gasteiger partial charge in [0.05, 0.1) is 6.61 Å². The number of thioether (sulfide) groups is 1. The molecule has 1 heterocycles. The molecule has 1 atom stereocenters. The molecular weight excluding hydrogens is 374 g/mol. The van der Waals surface area contributed by atoms with Gasteiger partial charge in [-0.3, -0.25) is 9.36 Å². The van der Waals surface area contributed by atoms with Crippen LogP contribution in [0.15, 0.2) is 59.8 Å². The summed E-state index contributed by atoms with van der Waals surface area (Å²) in [6, 6.07) is 17.6. The molecule has 7 heteroatoms. The van der Waals surface area contributed by atoms with Gasteiger partial charge in [0, 0.05) is 5.69 Å². The molecular formula is C21H23N3O3S. The molecule has 0 saturated heterocycles. The minimum Gasteiger partial charge on any atom is -0.485 e. The summed E-state index contributed by atoms with van der Waals surface area (Å²) >= 11 is 1.32. The minimum atomic E-state index is -0.392. The van der Waals surface area contributed by atoms with Crippen LogP contribution in [0.5, 0.6) is 5.75 Å². The van der Waals surface area contributed by atoms with Crippen molar-refractivity contribution in [3.8, 4) is 11.4 Å². The second-order valence-electron chi connectivity index (χ2n) is 6.14. The molecule has 2 aromatic carbocycles.